The van der Waals surface area contributed by atoms with Gasteiger partial charge in [-0.15, -0.1) is 0 Å². The van der Waals surface area contributed by atoms with Gasteiger partial charge in [0, 0.05) is 19.1 Å². The molecule has 1 saturated heterocycles. The highest BCUT2D eigenvalue weighted by atomic mass is 16.3. The highest BCUT2D eigenvalue weighted by Crippen LogP contribution is 2.21. The molecule has 3 N–H and O–H groups in total. The van der Waals surface area contributed by atoms with Crippen LogP contribution >= 0.6 is 0 Å². The van der Waals surface area contributed by atoms with Gasteiger partial charge in [-0.2, -0.15) is 0 Å². The van der Waals surface area contributed by atoms with Crippen molar-refractivity contribution >= 4 is 11.8 Å². The molecular weight excluding hydrogens is 354 g/mol. The Hall–Kier alpha value is -2.60. The molecule has 0 spiro atoms. The lowest BCUT2D eigenvalue weighted by atomic mass is 9.99. The standard InChI is InChI=1S/C22H29N3O3/c1-15(2)16-8-10-17(11-9-16)18(23)14-24-21(26)19-6-3-4-12-25(19)22(27)20-7-5-13-28-20/h5,7-11,13,15,18-19H,3-4,6,12,14,23H2,1-2H3,(H,24,26). The van der Waals surface area contributed by atoms with Gasteiger partial charge in [-0.3, -0.25) is 9.59 Å². The van der Waals surface area contributed by atoms with E-state index in [0.29, 0.717) is 25.4 Å². The van der Waals surface area contributed by atoms with Gasteiger partial charge < -0.3 is 20.4 Å². The van der Waals surface area contributed by atoms with Gasteiger partial charge in [0.2, 0.25) is 5.91 Å². The molecule has 1 aromatic heterocycles. The molecular formula is C22H29N3O3. The molecule has 0 saturated carbocycles. The van der Waals surface area contributed by atoms with E-state index >= 15 is 0 Å². The van der Waals surface area contributed by atoms with Crippen LogP contribution in [0.4, 0.5) is 0 Å². The number of benzene rings is 1. The molecule has 0 radical (unpaired) electrons. The first-order chi connectivity index (χ1) is 13.5. The van der Waals surface area contributed by atoms with Gasteiger partial charge in [0.1, 0.15) is 6.04 Å². The Bertz CT molecular complexity index is 784. The van der Waals surface area contributed by atoms with Crippen molar-refractivity contribution in [1.29, 1.82) is 0 Å². The third-order valence-corrected chi connectivity index (χ3v) is 5.33. The minimum atomic E-state index is -0.484. The van der Waals surface area contributed by atoms with Crippen LogP contribution in [-0.4, -0.2) is 35.8 Å². The summed E-state index contributed by atoms with van der Waals surface area (Å²) < 4.78 is 5.22. The Morgan fingerprint density at radius 1 is 1.18 bits per heavy atom. The lowest BCUT2D eigenvalue weighted by Gasteiger charge is -2.34. The van der Waals surface area contributed by atoms with Gasteiger partial charge in [-0.05, 0) is 48.4 Å². The number of rotatable bonds is 6. The number of hydrogen-bond acceptors (Lipinski definition) is 4. The summed E-state index contributed by atoms with van der Waals surface area (Å²) in [6.07, 6.45) is 3.92. The van der Waals surface area contributed by atoms with Crippen LogP contribution in [0.2, 0.25) is 0 Å². The van der Waals surface area contributed by atoms with Gasteiger partial charge in [0.15, 0.2) is 5.76 Å². The van der Waals surface area contributed by atoms with Gasteiger partial charge in [-0.25, -0.2) is 0 Å². The number of hydrogen-bond donors (Lipinski definition) is 2. The zero-order valence-electron chi connectivity index (χ0n) is 16.6. The lowest BCUT2D eigenvalue weighted by Crippen LogP contribution is -2.52. The molecule has 3 rings (SSSR count). The summed E-state index contributed by atoms with van der Waals surface area (Å²) in [7, 11) is 0. The fourth-order valence-electron chi connectivity index (χ4n) is 3.56. The van der Waals surface area contributed by atoms with Crippen molar-refractivity contribution in [2.45, 2.75) is 51.1 Å². The fourth-order valence-corrected chi connectivity index (χ4v) is 3.56. The van der Waals surface area contributed by atoms with E-state index < -0.39 is 6.04 Å². The minimum Gasteiger partial charge on any atom is -0.459 e. The van der Waals surface area contributed by atoms with Gasteiger partial charge >= 0.3 is 0 Å². The first kappa shape index (κ1) is 20.1. The first-order valence-corrected chi connectivity index (χ1v) is 9.95. The number of carbonyl (C=O) groups excluding carboxylic acids is 2. The SMILES string of the molecule is CC(C)c1ccc(C(N)CNC(=O)C2CCCCN2C(=O)c2ccco2)cc1. The second-order valence-corrected chi connectivity index (χ2v) is 7.66. The molecule has 6 heteroatoms. The molecule has 2 amide bonds. The van der Waals surface area contributed by atoms with E-state index in [9.17, 15) is 9.59 Å². The molecule has 2 atom stereocenters. The average Bonchev–Trinajstić information content (AvgIpc) is 3.26. The van der Waals surface area contributed by atoms with E-state index in [1.54, 1.807) is 17.0 Å². The van der Waals surface area contributed by atoms with Crippen LogP contribution in [0.15, 0.2) is 47.1 Å². The van der Waals surface area contributed by atoms with Crippen LogP contribution in [0.25, 0.3) is 0 Å². The Kier molecular flexibility index (Phi) is 6.52. The summed E-state index contributed by atoms with van der Waals surface area (Å²) in [6, 6.07) is 10.7. The number of amides is 2. The average molecular weight is 383 g/mol. The van der Waals surface area contributed by atoms with E-state index in [1.807, 2.05) is 12.1 Å². The van der Waals surface area contributed by atoms with E-state index in [2.05, 4.69) is 31.3 Å². The molecule has 6 nitrogen and oxygen atoms in total. The maximum absolute atomic E-state index is 12.8. The zero-order valence-corrected chi connectivity index (χ0v) is 16.6. The molecule has 2 aromatic rings. The molecule has 150 valence electrons. The Morgan fingerprint density at radius 3 is 2.54 bits per heavy atom. The molecule has 0 aliphatic carbocycles. The van der Waals surface area contributed by atoms with Gasteiger partial charge in [0.25, 0.3) is 5.91 Å². The molecule has 2 heterocycles. The van der Waals surface area contributed by atoms with E-state index in [4.69, 9.17) is 10.2 Å². The molecule has 1 aliphatic heterocycles. The number of nitrogens with zero attached hydrogens (tertiary/aromatic N) is 1. The van der Waals surface area contributed by atoms with Gasteiger partial charge in [0.05, 0.1) is 6.26 Å². The van der Waals surface area contributed by atoms with Crippen molar-refractivity contribution < 1.29 is 14.0 Å². The number of nitrogens with one attached hydrogen (secondary N) is 1. The highest BCUT2D eigenvalue weighted by Gasteiger charge is 2.33. The summed E-state index contributed by atoms with van der Waals surface area (Å²) in [6.45, 7) is 5.18. The quantitative estimate of drug-likeness (QED) is 0.802. The van der Waals surface area contributed by atoms with Crippen LogP contribution in [0, 0.1) is 0 Å². The summed E-state index contributed by atoms with van der Waals surface area (Å²) in [5.74, 6) is 0.336. The van der Waals surface area contributed by atoms with Crippen LogP contribution in [-0.2, 0) is 4.79 Å². The molecule has 2 unspecified atom stereocenters. The van der Waals surface area contributed by atoms with Crippen LogP contribution in [0.3, 0.4) is 0 Å². The zero-order chi connectivity index (χ0) is 20.1. The monoisotopic (exact) mass is 383 g/mol. The Balaban J connectivity index is 1.60. The first-order valence-electron chi connectivity index (χ1n) is 9.95. The number of carbonyl (C=O) groups is 2. The molecule has 1 aliphatic rings. The molecule has 28 heavy (non-hydrogen) atoms. The third-order valence-electron chi connectivity index (χ3n) is 5.33. The Labute approximate surface area is 166 Å². The van der Waals surface area contributed by atoms with Crippen molar-refractivity contribution in [2.24, 2.45) is 5.73 Å². The fraction of sp³-hybridized carbons (Fsp3) is 0.455. The maximum Gasteiger partial charge on any atom is 0.290 e. The van der Waals surface area contributed by atoms with E-state index in [1.165, 1.54) is 11.8 Å². The predicted molar refractivity (Wildman–Crippen MR) is 108 cm³/mol. The predicted octanol–water partition coefficient (Wildman–Crippen LogP) is 3.21. The van der Waals surface area contributed by atoms with Crippen molar-refractivity contribution in [2.75, 3.05) is 13.1 Å². The molecule has 1 fully saturated rings. The van der Waals surface area contributed by atoms with Crippen LogP contribution in [0.5, 0.6) is 0 Å². The van der Waals surface area contributed by atoms with Crippen molar-refractivity contribution in [3.05, 3.63) is 59.5 Å². The number of piperidine rings is 1. The lowest BCUT2D eigenvalue weighted by molar-refractivity contribution is -0.126. The Morgan fingerprint density at radius 2 is 1.89 bits per heavy atom. The largest absolute Gasteiger partial charge is 0.459 e. The third kappa shape index (κ3) is 4.62. The second kappa shape index (κ2) is 9.06. The molecule has 1 aromatic carbocycles. The minimum absolute atomic E-state index is 0.158. The number of nitrogens with two attached hydrogens (primary N) is 1. The summed E-state index contributed by atoms with van der Waals surface area (Å²) in [5.41, 5.74) is 8.50. The highest BCUT2D eigenvalue weighted by molar-refractivity contribution is 5.95. The van der Waals surface area contributed by atoms with E-state index in [-0.39, 0.29) is 23.6 Å². The summed E-state index contributed by atoms with van der Waals surface area (Å²) in [4.78, 5) is 27.0. The van der Waals surface area contributed by atoms with E-state index in [0.717, 1.165) is 18.4 Å². The van der Waals surface area contributed by atoms with Crippen molar-refractivity contribution in [3.8, 4) is 0 Å². The topological polar surface area (TPSA) is 88.6 Å². The van der Waals surface area contributed by atoms with Crippen LogP contribution < -0.4 is 11.1 Å². The molecule has 0 bridgehead atoms. The van der Waals surface area contributed by atoms with Crippen LogP contribution in [0.1, 0.15) is 66.8 Å². The van der Waals surface area contributed by atoms with Crippen molar-refractivity contribution in [1.82, 2.24) is 10.2 Å². The van der Waals surface area contributed by atoms with Crippen molar-refractivity contribution in [3.63, 3.8) is 0 Å². The number of furan rings is 1. The summed E-state index contributed by atoms with van der Waals surface area (Å²) in [5, 5.41) is 2.93. The maximum atomic E-state index is 12.8. The normalized spacial score (nSPS) is 18.1. The summed E-state index contributed by atoms with van der Waals surface area (Å²) >= 11 is 0. The smallest absolute Gasteiger partial charge is 0.290 e. The number of likely N-dealkylation sites (tertiary alicyclic amines) is 1. The second-order valence-electron chi connectivity index (χ2n) is 7.66. The van der Waals surface area contributed by atoms with Gasteiger partial charge in [-0.1, -0.05) is 38.1 Å².